The summed E-state index contributed by atoms with van der Waals surface area (Å²) in [7, 11) is 0. The van der Waals surface area contributed by atoms with Crippen molar-refractivity contribution in [2.75, 3.05) is 11.9 Å². The molecule has 21 heavy (non-hydrogen) atoms. The molecule has 1 aliphatic heterocycles. The molecule has 0 aliphatic carbocycles. The minimum absolute atomic E-state index is 0.0935. The summed E-state index contributed by atoms with van der Waals surface area (Å²) in [6.07, 6.45) is 0.915. The largest absolute Gasteiger partial charge is 0.322 e. The Balaban J connectivity index is 1.72. The average molecular weight is 297 g/mol. The summed E-state index contributed by atoms with van der Waals surface area (Å²) in [5.41, 5.74) is 2.55. The number of fused-ring (bicyclic) bond motifs is 1. The summed E-state index contributed by atoms with van der Waals surface area (Å²) < 4.78 is 0. The van der Waals surface area contributed by atoms with Gasteiger partial charge in [0.25, 0.3) is 0 Å². The van der Waals surface area contributed by atoms with Crippen molar-refractivity contribution in [3.05, 3.63) is 51.7 Å². The zero-order chi connectivity index (χ0) is 14.8. The molecule has 4 nitrogen and oxygen atoms in total. The fourth-order valence-electron chi connectivity index (χ4n) is 2.61. The van der Waals surface area contributed by atoms with E-state index in [9.17, 15) is 4.79 Å². The number of amides is 2. The first-order valence-corrected chi connectivity index (χ1v) is 7.71. The second kappa shape index (κ2) is 5.58. The van der Waals surface area contributed by atoms with Crippen molar-refractivity contribution >= 4 is 23.1 Å². The van der Waals surface area contributed by atoms with Crippen LogP contribution in [0.4, 0.5) is 10.5 Å². The van der Waals surface area contributed by atoms with E-state index < -0.39 is 0 Å². The van der Waals surface area contributed by atoms with Gasteiger partial charge in [-0.15, -0.1) is 11.3 Å². The quantitative estimate of drug-likeness (QED) is 0.871. The normalized spacial score (nSPS) is 17.0. The molecule has 3 rings (SSSR count). The van der Waals surface area contributed by atoms with Crippen LogP contribution in [0.1, 0.15) is 29.0 Å². The number of nitrogens with zero attached hydrogens (tertiary/aromatic N) is 2. The fourth-order valence-corrected chi connectivity index (χ4v) is 3.57. The zero-order valence-corrected chi connectivity index (χ0v) is 12.5. The lowest BCUT2D eigenvalue weighted by molar-refractivity contribution is 0.189. The fraction of sp³-hybridized carbons (Fsp3) is 0.250. The van der Waals surface area contributed by atoms with Crippen LogP contribution in [-0.4, -0.2) is 17.5 Å². The molecule has 1 aromatic heterocycles. The highest BCUT2D eigenvalue weighted by Gasteiger charge is 2.28. The molecule has 0 bridgehead atoms. The maximum absolute atomic E-state index is 12.4. The first-order valence-electron chi connectivity index (χ1n) is 6.83. The Hall–Kier alpha value is -2.32. The molecular formula is C16H15N3OS. The number of hydrogen-bond donors (Lipinski definition) is 1. The second-order valence-electron chi connectivity index (χ2n) is 5.04. The molecule has 2 amide bonds. The first kappa shape index (κ1) is 13.7. The molecule has 2 aromatic rings. The summed E-state index contributed by atoms with van der Waals surface area (Å²) >= 11 is 1.76. The molecule has 1 aromatic carbocycles. The Morgan fingerprint density at radius 2 is 2.14 bits per heavy atom. The number of nitrogens with one attached hydrogen (secondary N) is 1. The van der Waals surface area contributed by atoms with Crippen LogP contribution in [0.15, 0.2) is 35.7 Å². The van der Waals surface area contributed by atoms with Gasteiger partial charge in [-0.05, 0) is 54.6 Å². The van der Waals surface area contributed by atoms with Crippen LogP contribution in [0.25, 0.3) is 0 Å². The molecule has 1 aliphatic rings. The Bertz CT molecular complexity index is 699. The molecule has 0 fully saturated rings. The van der Waals surface area contributed by atoms with Crippen molar-refractivity contribution in [3.63, 3.8) is 0 Å². The van der Waals surface area contributed by atoms with Gasteiger partial charge in [0, 0.05) is 17.1 Å². The predicted octanol–water partition coefficient (Wildman–Crippen LogP) is 3.77. The summed E-state index contributed by atoms with van der Waals surface area (Å²) in [6, 6.07) is 11.1. The maximum Gasteiger partial charge on any atom is 0.322 e. The zero-order valence-electron chi connectivity index (χ0n) is 11.7. The van der Waals surface area contributed by atoms with E-state index in [1.807, 2.05) is 4.90 Å². The monoisotopic (exact) mass is 297 g/mol. The molecule has 1 N–H and O–H groups in total. The molecule has 0 radical (unpaired) electrons. The number of nitriles is 1. The van der Waals surface area contributed by atoms with Gasteiger partial charge in [0.2, 0.25) is 0 Å². The van der Waals surface area contributed by atoms with Crippen molar-refractivity contribution in [2.24, 2.45) is 0 Å². The number of hydrogen-bond acceptors (Lipinski definition) is 3. The Labute approximate surface area is 127 Å². The van der Waals surface area contributed by atoms with Crippen LogP contribution in [-0.2, 0) is 6.42 Å². The minimum Gasteiger partial charge on any atom is -0.317 e. The van der Waals surface area contributed by atoms with E-state index in [1.165, 1.54) is 10.4 Å². The van der Waals surface area contributed by atoms with Crippen molar-refractivity contribution in [1.82, 2.24) is 4.90 Å². The van der Waals surface area contributed by atoms with Crippen LogP contribution in [0, 0.1) is 11.3 Å². The number of anilines is 1. The summed E-state index contributed by atoms with van der Waals surface area (Å²) in [6.45, 7) is 2.79. The molecule has 0 saturated carbocycles. The third kappa shape index (κ3) is 2.63. The minimum atomic E-state index is -0.0935. The number of carbonyl (C=O) groups excluding carboxylic acids is 1. The number of carbonyl (C=O) groups is 1. The van der Waals surface area contributed by atoms with E-state index in [0.29, 0.717) is 11.3 Å². The SMILES string of the molecule is C[C@H]1c2ccsc2CCN1C(=O)Nc1ccc(C#N)cc1. The van der Waals surface area contributed by atoms with Gasteiger partial charge < -0.3 is 10.2 Å². The molecule has 0 saturated heterocycles. The number of urea groups is 1. The van der Waals surface area contributed by atoms with E-state index in [1.54, 1.807) is 35.6 Å². The lowest BCUT2D eigenvalue weighted by Gasteiger charge is -2.33. The van der Waals surface area contributed by atoms with Crippen LogP contribution in [0.2, 0.25) is 0 Å². The molecule has 106 valence electrons. The molecule has 2 heterocycles. The summed E-state index contributed by atoms with van der Waals surface area (Å²) in [5, 5.41) is 13.8. The van der Waals surface area contributed by atoms with Crippen molar-refractivity contribution < 1.29 is 4.79 Å². The maximum atomic E-state index is 12.4. The molecular weight excluding hydrogens is 282 g/mol. The van der Waals surface area contributed by atoms with Gasteiger partial charge in [-0.3, -0.25) is 0 Å². The van der Waals surface area contributed by atoms with E-state index in [-0.39, 0.29) is 12.1 Å². The van der Waals surface area contributed by atoms with Crippen molar-refractivity contribution in [1.29, 1.82) is 5.26 Å². The lowest BCUT2D eigenvalue weighted by Crippen LogP contribution is -2.40. The summed E-state index contributed by atoms with van der Waals surface area (Å²) in [4.78, 5) is 15.7. The van der Waals surface area contributed by atoms with Gasteiger partial charge in [-0.25, -0.2) is 4.79 Å². The third-order valence-electron chi connectivity index (χ3n) is 3.80. The van der Waals surface area contributed by atoms with Crippen LogP contribution < -0.4 is 5.32 Å². The standard InChI is InChI=1S/C16H15N3OS/c1-11-14-7-9-21-15(14)6-8-19(11)16(20)18-13-4-2-12(10-17)3-5-13/h2-5,7,9,11H,6,8H2,1H3,(H,18,20)/t11-/m0/s1. The lowest BCUT2D eigenvalue weighted by atomic mass is 10.0. The van der Waals surface area contributed by atoms with Gasteiger partial charge in [-0.2, -0.15) is 5.26 Å². The Morgan fingerprint density at radius 1 is 1.38 bits per heavy atom. The van der Waals surface area contributed by atoms with Crippen molar-refractivity contribution in [2.45, 2.75) is 19.4 Å². The predicted molar refractivity (Wildman–Crippen MR) is 83.3 cm³/mol. The summed E-state index contributed by atoms with van der Waals surface area (Å²) in [5.74, 6) is 0. The average Bonchev–Trinajstić information content (AvgIpc) is 2.98. The van der Waals surface area contributed by atoms with E-state index in [2.05, 4.69) is 29.8 Å². The second-order valence-corrected chi connectivity index (χ2v) is 6.04. The van der Waals surface area contributed by atoms with Gasteiger partial charge in [-0.1, -0.05) is 0 Å². The smallest absolute Gasteiger partial charge is 0.317 e. The highest BCUT2D eigenvalue weighted by molar-refractivity contribution is 7.10. The number of thiophene rings is 1. The first-order chi connectivity index (χ1) is 10.2. The van der Waals surface area contributed by atoms with Gasteiger partial charge in [0.1, 0.15) is 0 Å². The number of rotatable bonds is 1. The van der Waals surface area contributed by atoms with Crippen LogP contribution in [0.3, 0.4) is 0 Å². The Morgan fingerprint density at radius 3 is 2.86 bits per heavy atom. The topological polar surface area (TPSA) is 56.1 Å². The van der Waals surface area contributed by atoms with Crippen LogP contribution >= 0.6 is 11.3 Å². The van der Waals surface area contributed by atoms with E-state index in [4.69, 9.17) is 5.26 Å². The Kier molecular flexibility index (Phi) is 3.63. The van der Waals surface area contributed by atoms with Gasteiger partial charge >= 0.3 is 6.03 Å². The highest BCUT2D eigenvalue weighted by Crippen LogP contribution is 2.33. The van der Waals surface area contributed by atoms with E-state index in [0.717, 1.165) is 13.0 Å². The van der Waals surface area contributed by atoms with Gasteiger partial charge in [0.15, 0.2) is 0 Å². The third-order valence-corrected chi connectivity index (χ3v) is 4.80. The van der Waals surface area contributed by atoms with Gasteiger partial charge in [0.05, 0.1) is 17.7 Å². The molecule has 0 unspecified atom stereocenters. The molecule has 1 atom stereocenters. The number of benzene rings is 1. The molecule has 0 spiro atoms. The van der Waals surface area contributed by atoms with E-state index >= 15 is 0 Å². The van der Waals surface area contributed by atoms with Crippen LogP contribution in [0.5, 0.6) is 0 Å². The molecule has 5 heteroatoms. The highest BCUT2D eigenvalue weighted by atomic mass is 32.1. The van der Waals surface area contributed by atoms with Crippen molar-refractivity contribution in [3.8, 4) is 6.07 Å².